The van der Waals surface area contributed by atoms with Gasteiger partial charge in [-0.15, -0.1) is 0 Å². The van der Waals surface area contributed by atoms with Crippen molar-refractivity contribution < 1.29 is 22.7 Å². The zero-order valence-corrected chi connectivity index (χ0v) is 19.2. The van der Waals surface area contributed by atoms with Gasteiger partial charge in [0.05, 0.1) is 29.8 Å². The number of piperazine rings is 1. The van der Waals surface area contributed by atoms with Crippen LogP contribution in [0, 0.1) is 13.8 Å². The number of carbonyl (C=O) groups excluding carboxylic acids is 2. The average molecular weight is 461 g/mol. The van der Waals surface area contributed by atoms with Crippen molar-refractivity contribution in [3.8, 4) is 0 Å². The summed E-state index contributed by atoms with van der Waals surface area (Å²) in [7, 11) is -2.71. The van der Waals surface area contributed by atoms with E-state index in [9.17, 15) is 18.0 Å². The Bertz CT molecular complexity index is 1130. The summed E-state index contributed by atoms with van der Waals surface area (Å²) < 4.78 is 28.2. The van der Waals surface area contributed by atoms with E-state index in [-0.39, 0.29) is 22.9 Å². The molecule has 1 heterocycles. The Morgan fingerprint density at radius 1 is 1.09 bits per heavy atom. The smallest absolute Gasteiger partial charge is 0.340 e. The van der Waals surface area contributed by atoms with Crippen LogP contribution in [0.4, 0.5) is 11.4 Å². The third-order valence-corrected chi connectivity index (χ3v) is 6.57. The van der Waals surface area contributed by atoms with E-state index >= 15 is 0 Å². The summed E-state index contributed by atoms with van der Waals surface area (Å²) in [6, 6.07) is 9.98. The lowest BCUT2D eigenvalue weighted by Gasteiger charge is -2.36. The number of esters is 1. The van der Waals surface area contributed by atoms with Crippen molar-refractivity contribution in [3.63, 3.8) is 0 Å². The number of nitrogens with zero attached hydrogens (tertiary/aromatic N) is 2. The molecule has 3 rings (SSSR count). The second-order valence-electron chi connectivity index (χ2n) is 7.77. The highest BCUT2D eigenvalue weighted by molar-refractivity contribution is 7.89. The Morgan fingerprint density at radius 3 is 2.41 bits per heavy atom. The van der Waals surface area contributed by atoms with Gasteiger partial charge in [-0.3, -0.25) is 9.69 Å². The topological polar surface area (TPSA) is 122 Å². The van der Waals surface area contributed by atoms with Crippen LogP contribution in [0.2, 0.25) is 0 Å². The van der Waals surface area contributed by atoms with Crippen LogP contribution < -0.4 is 15.4 Å². The molecular weight excluding hydrogens is 432 g/mol. The van der Waals surface area contributed by atoms with Crippen LogP contribution in [0.3, 0.4) is 0 Å². The van der Waals surface area contributed by atoms with Crippen molar-refractivity contribution in [2.45, 2.75) is 18.7 Å². The highest BCUT2D eigenvalue weighted by atomic mass is 32.2. The summed E-state index contributed by atoms with van der Waals surface area (Å²) in [5.74, 6) is -0.722. The third kappa shape index (κ3) is 5.45. The fraction of sp³-hybridized carbons (Fsp3) is 0.364. The van der Waals surface area contributed by atoms with Crippen LogP contribution in [0.5, 0.6) is 0 Å². The fourth-order valence-corrected chi connectivity index (χ4v) is 4.21. The maximum absolute atomic E-state index is 12.5. The molecule has 0 aliphatic carbocycles. The van der Waals surface area contributed by atoms with Crippen LogP contribution in [0.25, 0.3) is 0 Å². The molecule has 1 aliphatic heterocycles. The maximum atomic E-state index is 12.5. The van der Waals surface area contributed by atoms with Crippen LogP contribution >= 0.6 is 0 Å². The van der Waals surface area contributed by atoms with E-state index in [1.165, 1.54) is 19.2 Å². The van der Waals surface area contributed by atoms with Gasteiger partial charge in [-0.2, -0.15) is 0 Å². The highest BCUT2D eigenvalue weighted by Gasteiger charge is 2.25. The minimum Gasteiger partial charge on any atom is -0.465 e. The zero-order chi connectivity index (χ0) is 23.5. The molecule has 0 radical (unpaired) electrons. The van der Waals surface area contributed by atoms with Gasteiger partial charge in [0.1, 0.15) is 0 Å². The molecule has 1 saturated heterocycles. The molecule has 3 N–H and O–H groups in total. The molecule has 9 nitrogen and oxygen atoms in total. The van der Waals surface area contributed by atoms with E-state index in [2.05, 4.69) is 5.32 Å². The molecule has 1 fully saturated rings. The number of sulfonamides is 1. The number of carbonyl (C=O) groups is 2. The Balaban J connectivity index is 1.66. The second-order valence-corrected chi connectivity index (χ2v) is 9.34. The Labute approximate surface area is 188 Å². The standard InChI is InChI=1S/C22H28N4O5S/c1-15-5-4-6-19(16(15)2)24-21(27)14-25-9-11-26(12-10-25)20-8-7-17(32(23,29)30)13-18(20)22(28)31-3/h4-8,13H,9-12,14H2,1-3H3,(H,24,27)(H2,23,29,30). The fourth-order valence-electron chi connectivity index (χ4n) is 3.67. The molecule has 2 aromatic rings. The van der Waals surface area contributed by atoms with Gasteiger partial charge in [-0.1, -0.05) is 12.1 Å². The molecule has 172 valence electrons. The average Bonchev–Trinajstić information content (AvgIpc) is 2.76. The van der Waals surface area contributed by atoms with Crippen molar-refractivity contribution in [3.05, 3.63) is 53.1 Å². The summed E-state index contributed by atoms with van der Waals surface area (Å²) in [6.45, 7) is 6.59. The first-order chi connectivity index (χ1) is 15.1. The number of aryl methyl sites for hydroxylation is 1. The summed E-state index contributed by atoms with van der Waals surface area (Å²) in [5, 5.41) is 8.16. The molecule has 32 heavy (non-hydrogen) atoms. The van der Waals surface area contributed by atoms with E-state index in [0.717, 1.165) is 16.8 Å². The molecule has 0 atom stereocenters. The predicted molar refractivity (Wildman–Crippen MR) is 122 cm³/mol. The number of nitrogens with one attached hydrogen (secondary N) is 1. The van der Waals surface area contributed by atoms with E-state index in [1.807, 2.05) is 41.8 Å². The van der Waals surface area contributed by atoms with E-state index in [4.69, 9.17) is 9.88 Å². The number of hydrogen-bond acceptors (Lipinski definition) is 7. The Kier molecular flexibility index (Phi) is 7.17. The monoisotopic (exact) mass is 460 g/mol. The van der Waals surface area contributed by atoms with Crippen LogP contribution in [-0.4, -0.2) is 65.0 Å². The number of methoxy groups -OCH3 is 1. The van der Waals surface area contributed by atoms with E-state index in [1.54, 1.807) is 6.07 Å². The molecule has 0 aromatic heterocycles. The molecule has 0 saturated carbocycles. The number of amides is 1. The molecule has 2 aromatic carbocycles. The molecular formula is C22H28N4O5S. The van der Waals surface area contributed by atoms with Gasteiger partial charge < -0.3 is 15.0 Å². The van der Waals surface area contributed by atoms with Gasteiger partial charge in [0, 0.05) is 31.9 Å². The predicted octanol–water partition coefficient (Wildman–Crippen LogP) is 1.50. The number of anilines is 2. The van der Waals surface area contributed by atoms with Crippen molar-refractivity contribution in [1.82, 2.24) is 4.90 Å². The van der Waals surface area contributed by atoms with Gasteiger partial charge in [-0.25, -0.2) is 18.4 Å². The summed E-state index contributed by atoms with van der Waals surface area (Å²) in [5.41, 5.74) is 3.69. The van der Waals surface area contributed by atoms with Crippen molar-refractivity contribution in [2.75, 3.05) is 50.1 Å². The van der Waals surface area contributed by atoms with Crippen molar-refractivity contribution in [2.24, 2.45) is 5.14 Å². The normalized spacial score (nSPS) is 14.8. The molecule has 10 heteroatoms. The van der Waals surface area contributed by atoms with E-state index in [0.29, 0.717) is 31.9 Å². The van der Waals surface area contributed by atoms with Gasteiger partial charge >= 0.3 is 5.97 Å². The van der Waals surface area contributed by atoms with Gasteiger partial charge in [0.15, 0.2) is 0 Å². The second kappa shape index (κ2) is 9.68. The number of rotatable bonds is 6. The zero-order valence-electron chi connectivity index (χ0n) is 18.4. The molecule has 0 bridgehead atoms. The van der Waals surface area contributed by atoms with Crippen molar-refractivity contribution >= 4 is 33.3 Å². The molecule has 0 spiro atoms. The Morgan fingerprint density at radius 2 is 1.78 bits per heavy atom. The lowest BCUT2D eigenvalue weighted by atomic mass is 10.1. The number of ether oxygens (including phenoxy) is 1. The molecule has 1 aliphatic rings. The first kappa shape index (κ1) is 23.7. The SMILES string of the molecule is COC(=O)c1cc(S(N)(=O)=O)ccc1N1CCN(CC(=O)Nc2cccc(C)c2C)CC1. The van der Waals surface area contributed by atoms with E-state index < -0.39 is 16.0 Å². The number of benzene rings is 2. The first-order valence-corrected chi connectivity index (χ1v) is 11.7. The minimum atomic E-state index is -3.95. The van der Waals surface area contributed by atoms with Gasteiger partial charge in [-0.05, 0) is 49.2 Å². The van der Waals surface area contributed by atoms with Gasteiger partial charge in [0.2, 0.25) is 15.9 Å². The molecule has 0 unspecified atom stereocenters. The highest BCUT2D eigenvalue weighted by Crippen LogP contribution is 2.26. The number of primary sulfonamides is 1. The first-order valence-electron chi connectivity index (χ1n) is 10.2. The number of hydrogen-bond donors (Lipinski definition) is 2. The number of nitrogens with two attached hydrogens (primary N) is 1. The molecule has 1 amide bonds. The third-order valence-electron chi connectivity index (χ3n) is 5.66. The summed E-state index contributed by atoms with van der Waals surface area (Å²) in [6.07, 6.45) is 0. The summed E-state index contributed by atoms with van der Waals surface area (Å²) in [4.78, 5) is 28.6. The van der Waals surface area contributed by atoms with Crippen LogP contribution in [0.15, 0.2) is 41.3 Å². The van der Waals surface area contributed by atoms with Gasteiger partial charge in [0.25, 0.3) is 0 Å². The largest absolute Gasteiger partial charge is 0.465 e. The maximum Gasteiger partial charge on any atom is 0.340 e. The summed E-state index contributed by atoms with van der Waals surface area (Å²) >= 11 is 0. The minimum absolute atomic E-state index is 0.0834. The van der Waals surface area contributed by atoms with Crippen molar-refractivity contribution in [1.29, 1.82) is 0 Å². The van der Waals surface area contributed by atoms with Crippen LogP contribution in [0.1, 0.15) is 21.5 Å². The quantitative estimate of drug-likeness (QED) is 0.627. The lowest BCUT2D eigenvalue weighted by Crippen LogP contribution is -2.49. The Hall–Kier alpha value is -2.95. The van der Waals surface area contributed by atoms with Crippen LogP contribution in [-0.2, 0) is 19.6 Å². The lowest BCUT2D eigenvalue weighted by molar-refractivity contribution is -0.117.